The van der Waals surface area contributed by atoms with E-state index in [1.807, 2.05) is 13.8 Å². The second kappa shape index (κ2) is 12.5. The lowest BCUT2D eigenvalue weighted by Gasteiger charge is -2.15. The zero-order chi connectivity index (χ0) is 30.1. The van der Waals surface area contributed by atoms with Gasteiger partial charge in [0, 0.05) is 32.7 Å². The molecule has 2 amide bonds. The van der Waals surface area contributed by atoms with E-state index in [1.165, 1.54) is 17.0 Å². The molecule has 9 nitrogen and oxygen atoms in total. The fourth-order valence-corrected chi connectivity index (χ4v) is 7.65. The standard InChI is InChI=1S/C29H32Br2N4O5S/c1-5-35(6-2)10-9-32-29(38)26-16(3)25(33-17(26)4)14-22-21-13-20(7-8-24(21)34-28(22)37)41(39,40)15-18-11-19(30)12-23(31)27(18)36/h7-8,11-14,33,36H,5-6,9-10,15H2,1-4H3,(H,32,38)(H,34,37)/p+1/b22-14-. The maximum atomic E-state index is 13.3. The summed E-state index contributed by atoms with van der Waals surface area (Å²) in [6.45, 7) is 11.2. The molecule has 0 unspecified atom stereocenters. The van der Waals surface area contributed by atoms with E-state index in [0.29, 0.717) is 49.3 Å². The van der Waals surface area contributed by atoms with Gasteiger partial charge in [-0.05, 0) is 85.6 Å². The van der Waals surface area contributed by atoms with Crippen LogP contribution in [-0.4, -0.2) is 56.5 Å². The SMILES string of the molecule is CC[NH+](CC)CCNC(=O)c1c(C)[nH]c(/C=C2\C(=O)Nc3ccc(S(=O)(=O)Cc4cc(Br)cc(Br)c4O)cc32)c1C. The van der Waals surface area contributed by atoms with Crippen molar-refractivity contribution in [1.82, 2.24) is 10.3 Å². The van der Waals surface area contributed by atoms with Crippen molar-refractivity contribution in [3.05, 3.63) is 72.9 Å². The number of halogens is 2. The number of H-pyrrole nitrogens is 1. The average molecular weight is 709 g/mol. The van der Waals surface area contributed by atoms with Crippen LogP contribution < -0.4 is 15.5 Å². The number of fused-ring (bicyclic) bond motifs is 1. The summed E-state index contributed by atoms with van der Waals surface area (Å²) in [5, 5.41) is 16.2. The number of phenols is 1. The fraction of sp³-hybridized carbons (Fsp3) is 0.310. The van der Waals surface area contributed by atoms with Gasteiger partial charge in [0.25, 0.3) is 11.8 Å². The molecule has 12 heteroatoms. The molecule has 4 rings (SSSR count). The summed E-state index contributed by atoms with van der Waals surface area (Å²) in [7, 11) is -3.88. The Bertz CT molecular complexity index is 1660. The Kier molecular flexibility index (Phi) is 9.47. The maximum Gasteiger partial charge on any atom is 0.256 e. The molecule has 1 aliphatic rings. The number of anilines is 1. The predicted octanol–water partition coefficient (Wildman–Crippen LogP) is 3.98. The molecule has 5 N–H and O–H groups in total. The lowest BCUT2D eigenvalue weighted by Crippen LogP contribution is -3.12. The minimum atomic E-state index is -3.88. The number of carbonyl (C=O) groups is 2. The number of aromatic amines is 1. The van der Waals surface area contributed by atoms with Gasteiger partial charge in [0.1, 0.15) is 5.75 Å². The number of likely N-dealkylation sites (N-methyl/N-ethyl adjacent to an activating group) is 1. The summed E-state index contributed by atoms with van der Waals surface area (Å²) in [5.74, 6) is -1.14. The van der Waals surface area contributed by atoms with E-state index in [9.17, 15) is 23.1 Å². The molecular formula is C29H33Br2N4O5S+. The molecule has 3 aromatic rings. The molecule has 41 heavy (non-hydrogen) atoms. The van der Waals surface area contributed by atoms with Gasteiger partial charge >= 0.3 is 0 Å². The number of nitrogens with one attached hydrogen (secondary N) is 4. The molecule has 0 radical (unpaired) electrons. The first-order valence-electron chi connectivity index (χ1n) is 13.2. The second-order valence-electron chi connectivity index (χ2n) is 10.0. The number of hydrogen-bond donors (Lipinski definition) is 5. The molecule has 1 aromatic heterocycles. The summed E-state index contributed by atoms with van der Waals surface area (Å²) in [4.78, 5) is 30.6. The number of carbonyl (C=O) groups excluding carboxylic acids is 2. The minimum Gasteiger partial charge on any atom is -0.506 e. The fourth-order valence-electron chi connectivity index (χ4n) is 4.97. The second-order valence-corrected chi connectivity index (χ2v) is 13.8. The predicted molar refractivity (Wildman–Crippen MR) is 167 cm³/mol. The Morgan fingerprint density at radius 1 is 1.12 bits per heavy atom. The molecular weight excluding hydrogens is 676 g/mol. The van der Waals surface area contributed by atoms with E-state index in [2.05, 4.69) is 61.3 Å². The van der Waals surface area contributed by atoms with Gasteiger partial charge in [-0.25, -0.2) is 8.42 Å². The van der Waals surface area contributed by atoms with Crippen LogP contribution >= 0.6 is 31.9 Å². The molecule has 0 aliphatic carbocycles. The van der Waals surface area contributed by atoms with Crippen molar-refractivity contribution in [3.8, 4) is 5.75 Å². The van der Waals surface area contributed by atoms with Gasteiger partial charge in [-0.2, -0.15) is 0 Å². The quantitative estimate of drug-likeness (QED) is 0.203. The molecule has 218 valence electrons. The van der Waals surface area contributed by atoms with Crippen molar-refractivity contribution in [2.45, 2.75) is 38.3 Å². The topological polar surface area (TPSA) is 133 Å². The first-order valence-corrected chi connectivity index (χ1v) is 16.5. The number of aromatic nitrogens is 1. The molecule has 0 fully saturated rings. The van der Waals surface area contributed by atoms with Gasteiger partial charge in [-0.3, -0.25) is 9.59 Å². The normalized spacial score (nSPS) is 14.0. The molecule has 0 bridgehead atoms. The van der Waals surface area contributed by atoms with E-state index < -0.39 is 15.6 Å². The van der Waals surface area contributed by atoms with Crippen LogP contribution in [0.15, 0.2) is 44.2 Å². The van der Waals surface area contributed by atoms with Gasteiger partial charge < -0.3 is 25.6 Å². The van der Waals surface area contributed by atoms with Crippen LogP contribution in [0.1, 0.15) is 52.3 Å². The summed E-state index contributed by atoms with van der Waals surface area (Å²) >= 11 is 6.56. The van der Waals surface area contributed by atoms with Crippen LogP contribution in [0.25, 0.3) is 11.6 Å². The van der Waals surface area contributed by atoms with Crippen LogP contribution in [0, 0.1) is 13.8 Å². The summed E-state index contributed by atoms with van der Waals surface area (Å²) in [6.07, 6.45) is 1.65. The van der Waals surface area contributed by atoms with Gasteiger partial charge in [0.15, 0.2) is 9.84 Å². The highest BCUT2D eigenvalue weighted by molar-refractivity contribution is 9.11. The summed E-state index contributed by atoms with van der Waals surface area (Å²) in [6, 6.07) is 7.64. The zero-order valence-corrected chi connectivity index (χ0v) is 27.2. The van der Waals surface area contributed by atoms with Gasteiger partial charge in [-0.1, -0.05) is 15.9 Å². The van der Waals surface area contributed by atoms with E-state index in [0.717, 1.165) is 19.6 Å². The van der Waals surface area contributed by atoms with Gasteiger partial charge in [-0.15, -0.1) is 0 Å². The van der Waals surface area contributed by atoms with Crippen molar-refractivity contribution >= 4 is 70.8 Å². The Morgan fingerprint density at radius 3 is 2.51 bits per heavy atom. The van der Waals surface area contributed by atoms with Crippen molar-refractivity contribution in [1.29, 1.82) is 0 Å². The van der Waals surface area contributed by atoms with E-state index in [-0.39, 0.29) is 33.6 Å². The average Bonchev–Trinajstić information content (AvgIpc) is 3.38. The number of quaternary nitrogens is 1. The number of aromatic hydroxyl groups is 1. The highest BCUT2D eigenvalue weighted by atomic mass is 79.9. The highest BCUT2D eigenvalue weighted by Gasteiger charge is 2.28. The minimum absolute atomic E-state index is 0.0175. The number of rotatable bonds is 10. The lowest BCUT2D eigenvalue weighted by atomic mass is 10.0. The van der Waals surface area contributed by atoms with Crippen molar-refractivity contribution < 1.29 is 28.0 Å². The van der Waals surface area contributed by atoms with Crippen molar-refractivity contribution in [2.24, 2.45) is 0 Å². The summed E-state index contributed by atoms with van der Waals surface area (Å²) in [5.41, 5.74) is 3.95. The molecule has 0 saturated heterocycles. The zero-order valence-electron chi connectivity index (χ0n) is 23.2. The number of hydrogen-bond acceptors (Lipinski definition) is 5. The van der Waals surface area contributed by atoms with Gasteiger partial charge in [0.05, 0.1) is 52.4 Å². The van der Waals surface area contributed by atoms with Crippen LogP contribution in [-0.2, 0) is 20.4 Å². The maximum absolute atomic E-state index is 13.3. The Balaban J connectivity index is 1.63. The lowest BCUT2D eigenvalue weighted by molar-refractivity contribution is -0.895. The third-order valence-corrected chi connectivity index (χ3v) is 10.1. The number of aryl methyl sites for hydroxylation is 1. The third-order valence-electron chi connectivity index (χ3n) is 7.34. The largest absolute Gasteiger partial charge is 0.506 e. The van der Waals surface area contributed by atoms with Crippen LogP contribution in [0.2, 0.25) is 0 Å². The van der Waals surface area contributed by atoms with E-state index >= 15 is 0 Å². The molecule has 1 aliphatic heterocycles. The Hall–Kier alpha value is -2.93. The van der Waals surface area contributed by atoms with E-state index in [4.69, 9.17) is 0 Å². The molecule has 2 aromatic carbocycles. The van der Waals surface area contributed by atoms with E-state index in [1.54, 1.807) is 24.3 Å². The van der Waals surface area contributed by atoms with Crippen molar-refractivity contribution in [3.63, 3.8) is 0 Å². The number of phenolic OH excluding ortho intramolecular Hbond substituents is 1. The van der Waals surface area contributed by atoms with Crippen molar-refractivity contribution in [2.75, 3.05) is 31.5 Å². The van der Waals surface area contributed by atoms with Gasteiger partial charge in [0.2, 0.25) is 0 Å². The summed E-state index contributed by atoms with van der Waals surface area (Å²) < 4.78 is 27.7. The molecule has 2 heterocycles. The number of amides is 2. The third kappa shape index (κ3) is 6.61. The first kappa shape index (κ1) is 31.0. The van der Waals surface area contributed by atoms with Crippen LogP contribution in [0.3, 0.4) is 0 Å². The Labute approximate surface area is 256 Å². The Morgan fingerprint density at radius 2 is 1.83 bits per heavy atom. The smallest absolute Gasteiger partial charge is 0.256 e. The number of sulfone groups is 1. The van der Waals surface area contributed by atoms with Crippen LogP contribution in [0.5, 0.6) is 5.75 Å². The molecule has 0 spiro atoms. The highest BCUT2D eigenvalue weighted by Crippen LogP contribution is 2.38. The first-order chi connectivity index (χ1) is 19.4. The molecule has 0 saturated carbocycles. The van der Waals surface area contributed by atoms with Crippen LogP contribution in [0.4, 0.5) is 5.69 Å². The molecule has 0 atom stereocenters. The monoisotopic (exact) mass is 707 g/mol. The number of benzene rings is 2.